The molecular formula is C10H14N2O. The third-order valence-corrected chi connectivity index (χ3v) is 2.52. The predicted molar refractivity (Wildman–Crippen MR) is 49.9 cm³/mol. The second-order valence-electron chi connectivity index (χ2n) is 3.59. The molecule has 0 unspecified atom stereocenters. The molecule has 1 aliphatic carbocycles. The Balaban J connectivity index is 2.44. The van der Waals surface area contributed by atoms with Crippen LogP contribution in [0.25, 0.3) is 0 Å². The van der Waals surface area contributed by atoms with E-state index in [1.165, 1.54) is 12.8 Å². The molecule has 13 heavy (non-hydrogen) atoms. The normalized spacial score (nSPS) is 16.2. The minimum absolute atomic E-state index is 0.140. The monoisotopic (exact) mass is 178 g/mol. The molecule has 1 aromatic rings. The maximum atomic E-state index is 11.3. The van der Waals surface area contributed by atoms with Gasteiger partial charge in [-0.3, -0.25) is 9.48 Å². The van der Waals surface area contributed by atoms with E-state index < -0.39 is 0 Å². The number of carbonyl (C=O) groups is 1. The Labute approximate surface area is 77.7 Å². The first-order valence-corrected chi connectivity index (χ1v) is 4.80. The van der Waals surface area contributed by atoms with E-state index >= 15 is 0 Å². The van der Waals surface area contributed by atoms with E-state index in [0.29, 0.717) is 5.92 Å². The standard InChI is InChI=1S/C10H14N2O/c1-3-12-10(8-4-5-8)9(6-11-12)7(2)13/h6,8H,3-5H2,1-2H3. The van der Waals surface area contributed by atoms with Crippen molar-refractivity contribution >= 4 is 5.78 Å². The summed E-state index contributed by atoms with van der Waals surface area (Å²) in [5, 5.41) is 4.21. The zero-order valence-corrected chi connectivity index (χ0v) is 8.08. The van der Waals surface area contributed by atoms with Gasteiger partial charge in [0.2, 0.25) is 0 Å². The van der Waals surface area contributed by atoms with Crippen LogP contribution < -0.4 is 0 Å². The van der Waals surface area contributed by atoms with Gasteiger partial charge in [-0.15, -0.1) is 0 Å². The summed E-state index contributed by atoms with van der Waals surface area (Å²) < 4.78 is 1.95. The molecular weight excluding hydrogens is 164 g/mol. The van der Waals surface area contributed by atoms with Crippen LogP contribution in [0.1, 0.15) is 48.7 Å². The fraction of sp³-hybridized carbons (Fsp3) is 0.600. The smallest absolute Gasteiger partial charge is 0.163 e. The molecule has 1 aliphatic rings. The summed E-state index contributed by atoms with van der Waals surface area (Å²) in [4.78, 5) is 11.3. The third-order valence-electron chi connectivity index (χ3n) is 2.52. The first-order valence-electron chi connectivity index (χ1n) is 4.80. The van der Waals surface area contributed by atoms with Crippen molar-refractivity contribution in [1.29, 1.82) is 0 Å². The minimum Gasteiger partial charge on any atom is -0.294 e. The quantitative estimate of drug-likeness (QED) is 0.663. The summed E-state index contributed by atoms with van der Waals surface area (Å²) in [5.74, 6) is 0.739. The summed E-state index contributed by atoms with van der Waals surface area (Å²) in [6.07, 6.45) is 4.14. The van der Waals surface area contributed by atoms with E-state index in [1.54, 1.807) is 13.1 Å². The Kier molecular flexibility index (Phi) is 1.94. The van der Waals surface area contributed by atoms with E-state index in [1.807, 2.05) is 4.68 Å². The van der Waals surface area contributed by atoms with Crippen LogP contribution in [0.5, 0.6) is 0 Å². The maximum Gasteiger partial charge on any atom is 0.163 e. The number of nitrogens with zero attached hydrogens (tertiary/aromatic N) is 2. The molecule has 0 aromatic carbocycles. The van der Waals surface area contributed by atoms with Gasteiger partial charge in [0, 0.05) is 12.5 Å². The molecule has 70 valence electrons. The summed E-state index contributed by atoms with van der Waals surface area (Å²) in [5.41, 5.74) is 1.99. The minimum atomic E-state index is 0.140. The highest BCUT2D eigenvalue weighted by Crippen LogP contribution is 2.41. The largest absolute Gasteiger partial charge is 0.294 e. The fourth-order valence-corrected chi connectivity index (χ4v) is 1.71. The van der Waals surface area contributed by atoms with Gasteiger partial charge in [0.25, 0.3) is 0 Å². The lowest BCUT2D eigenvalue weighted by atomic mass is 10.1. The van der Waals surface area contributed by atoms with Crippen LogP contribution in [-0.4, -0.2) is 15.6 Å². The molecule has 1 fully saturated rings. The number of aryl methyl sites for hydroxylation is 1. The molecule has 0 saturated heterocycles. The lowest BCUT2D eigenvalue weighted by Crippen LogP contribution is -2.04. The summed E-state index contributed by atoms with van der Waals surface area (Å²) in [7, 11) is 0. The Morgan fingerprint density at radius 3 is 2.85 bits per heavy atom. The van der Waals surface area contributed by atoms with Crippen LogP contribution in [0.4, 0.5) is 0 Å². The lowest BCUT2D eigenvalue weighted by molar-refractivity contribution is 0.101. The Morgan fingerprint density at radius 2 is 2.38 bits per heavy atom. The number of ketones is 1. The zero-order valence-electron chi connectivity index (χ0n) is 8.08. The van der Waals surface area contributed by atoms with Crippen molar-refractivity contribution in [2.75, 3.05) is 0 Å². The van der Waals surface area contributed by atoms with E-state index in [-0.39, 0.29) is 5.78 Å². The van der Waals surface area contributed by atoms with E-state index in [4.69, 9.17) is 0 Å². The van der Waals surface area contributed by atoms with E-state index in [9.17, 15) is 4.79 Å². The SMILES string of the molecule is CCn1ncc(C(C)=O)c1C1CC1. The van der Waals surface area contributed by atoms with Crippen LogP contribution in [0.2, 0.25) is 0 Å². The van der Waals surface area contributed by atoms with Crippen molar-refractivity contribution in [2.24, 2.45) is 0 Å². The molecule has 0 amide bonds. The number of Topliss-reactive ketones (excluding diaryl/α,β-unsaturated/α-hetero) is 1. The Morgan fingerprint density at radius 1 is 1.69 bits per heavy atom. The van der Waals surface area contributed by atoms with Crippen molar-refractivity contribution in [1.82, 2.24) is 9.78 Å². The fourth-order valence-electron chi connectivity index (χ4n) is 1.71. The van der Waals surface area contributed by atoms with Gasteiger partial charge in [-0.25, -0.2) is 0 Å². The number of aromatic nitrogens is 2. The zero-order chi connectivity index (χ0) is 9.42. The summed E-state index contributed by atoms with van der Waals surface area (Å²) in [6, 6.07) is 0. The van der Waals surface area contributed by atoms with E-state index in [2.05, 4.69) is 12.0 Å². The van der Waals surface area contributed by atoms with Gasteiger partial charge in [0.05, 0.1) is 17.5 Å². The predicted octanol–water partition coefficient (Wildman–Crippen LogP) is 1.98. The highest BCUT2D eigenvalue weighted by molar-refractivity contribution is 5.95. The summed E-state index contributed by atoms with van der Waals surface area (Å²) >= 11 is 0. The highest BCUT2D eigenvalue weighted by atomic mass is 16.1. The van der Waals surface area contributed by atoms with Crippen molar-refractivity contribution in [3.8, 4) is 0 Å². The van der Waals surface area contributed by atoms with Crippen LogP contribution in [0.3, 0.4) is 0 Å². The van der Waals surface area contributed by atoms with Crippen LogP contribution in [0, 0.1) is 0 Å². The Hall–Kier alpha value is -1.12. The average molecular weight is 178 g/mol. The van der Waals surface area contributed by atoms with Crippen LogP contribution in [-0.2, 0) is 6.54 Å². The van der Waals surface area contributed by atoms with Gasteiger partial charge >= 0.3 is 0 Å². The molecule has 0 radical (unpaired) electrons. The van der Waals surface area contributed by atoms with Crippen molar-refractivity contribution in [3.05, 3.63) is 17.5 Å². The van der Waals surface area contributed by atoms with Gasteiger partial charge in [-0.1, -0.05) is 0 Å². The molecule has 1 heterocycles. The topological polar surface area (TPSA) is 34.9 Å². The molecule has 1 aromatic heterocycles. The van der Waals surface area contributed by atoms with Crippen molar-refractivity contribution in [2.45, 2.75) is 39.2 Å². The number of hydrogen-bond acceptors (Lipinski definition) is 2. The molecule has 2 rings (SSSR count). The first kappa shape index (κ1) is 8.48. The van der Waals surface area contributed by atoms with Gasteiger partial charge in [0.1, 0.15) is 0 Å². The molecule has 0 spiro atoms. The van der Waals surface area contributed by atoms with Gasteiger partial charge in [-0.05, 0) is 26.7 Å². The highest BCUT2D eigenvalue weighted by Gasteiger charge is 2.30. The molecule has 0 atom stereocenters. The molecule has 0 N–H and O–H groups in total. The average Bonchev–Trinajstić information content (AvgIpc) is 2.84. The van der Waals surface area contributed by atoms with Gasteiger partial charge in [-0.2, -0.15) is 5.10 Å². The van der Waals surface area contributed by atoms with Gasteiger partial charge < -0.3 is 0 Å². The van der Waals surface area contributed by atoms with Crippen molar-refractivity contribution in [3.63, 3.8) is 0 Å². The first-order chi connectivity index (χ1) is 6.24. The summed E-state index contributed by atoms with van der Waals surface area (Å²) in [6.45, 7) is 4.53. The second-order valence-corrected chi connectivity index (χ2v) is 3.59. The third kappa shape index (κ3) is 1.39. The number of carbonyl (C=O) groups excluding carboxylic acids is 1. The van der Waals surface area contributed by atoms with Gasteiger partial charge in [0.15, 0.2) is 5.78 Å². The molecule has 0 bridgehead atoms. The second kappa shape index (κ2) is 2.98. The lowest BCUT2D eigenvalue weighted by Gasteiger charge is -2.03. The van der Waals surface area contributed by atoms with Crippen LogP contribution in [0.15, 0.2) is 6.20 Å². The van der Waals surface area contributed by atoms with E-state index in [0.717, 1.165) is 17.8 Å². The molecule has 0 aliphatic heterocycles. The molecule has 3 heteroatoms. The van der Waals surface area contributed by atoms with Crippen LogP contribution >= 0.6 is 0 Å². The van der Waals surface area contributed by atoms with Crippen molar-refractivity contribution < 1.29 is 4.79 Å². The molecule has 3 nitrogen and oxygen atoms in total. The maximum absolute atomic E-state index is 11.3. The number of rotatable bonds is 3. The molecule has 1 saturated carbocycles. The Bertz CT molecular complexity index is 337. The number of hydrogen-bond donors (Lipinski definition) is 0.